The van der Waals surface area contributed by atoms with Crippen molar-refractivity contribution in [3.8, 4) is 6.07 Å². The van der Waals surface area contributed by atoms with Crippen LogP contribution in [-0.2, 0) is 0 Å². The van der Waals surface area contributed by atoms with Crippen molar-refractivity contribution in [3.05, 3.63) is 62.1 Å². The van der Waals surface area contributed by atoms with Gasteiger partial charge in [-0.15, -0.1) is 0 Å². The lowest BCUT2D eigenvalue weighted by atomic mass is 10.1. The smallest absolute Gasteiger partial charge is 0.270 e. The summed E-state index contributed by atoms with van der Waals surface area (Å²) in [6.07, 6.45) is 0. The molecule has 5 nitrogen and oxygen atoms in total. The summed E-state index contributed by atoms with van der Waals surface area (Å²) in [7, 11) is 0. The van der Waals surface area contributed by atoms with Crippen molar-refractivity contribution >= 4 is 33.0 Å². The molecule has 0 aliphatic carbocycles. The number of hydrogen-bond acceptors (Lipinski definition) is 4. The Labute approximate surface area is 124 Å². The van der Waals surface area contributed by atoms with Crippen molar-refractivity contribution in [1.29, 1.82) is 5.26 Å². The fraction of sp³-hybridized carbons (Fsp3) is 0.0714. The average molecular weight is 332 g/mol. The SMILES string of the molecule is Cc1cccc(Nc2ccc([N+](=O)[O-])cc2C#N)c1Br. The molecule has 0 heterocycles. The third-order valence-electron chi connectivity index (χ3n) is 2.80. The first-order chi connectivity index (χ1) is 9.52. The van der Waals surface area contributed by atoms with E-state index in [1.807, 2.05) is 31.2 Å². The van der Waals surface area contributed by atoms with Crippen molar-refractivity contribution < 1.29 is 4.92 Å². The molecule has 0 aromatic heterocycles. The van der Waals surface area contributed by atoms with Gasteiger partial charge >= 0.3 is 0 Å². The summed E-state index contributed by atoms with van der Waals surface area (Å²) >= 11 is 3.47. The Morgan fingerprint density at radius 2 is 2.05 bits per heavy atom. The van der Waals surface area contributed by atoms with Crippen molar-refractivity contribution in [2.45, 2.75) is 6.92 Å². The summed E-state index contributed by atoms with van der Waals surface area (Å²) in [6.45, 7) is 1.95. The second-order valence-corrected chi connectivity index (χ2v) is 4.95. The predicted octanol–water partition coefficient (Wildman–Crippen LogP) is 4.28. The van der Waals surface area contributed by atoms with E-state index in [1.165, 1.54) is 18.2 Å². The number of benzene rings is 2. The molecule has 1 N–H and O–H groups in total. The van der Waals surface area contributed by atoms with Gasteiger partial charge in [-0.1, -0.05) is 12.1 Å². The van der Waals surface area contributed by atoms with Crippen LogP contribution in [0.15, 0.2) is 40.9 Å². The zero-order valence-corrected chi connectivity index (χ0v) is 12.1. The number of nitrogens with one attached hydrogen (secondary N) is 1. The molecule has 2 aromatic carbocycles. The lowest BCUT2D eigenvalue weighted by Gasteiger charge is -2.11. The van der Waals surface area contributed by atoms with Gasteiger partial charge in [0.1, 0.15) is 6.07 Å². The molecule has 2 rings (SSSR count). The minimum absolute atomic E-state index is 0.101. The number of nitro benzene ring substituents is 1. The monoisotopic (exact) mass is 331 g/mol. The number of hydrogen-bond donors (Lipinski definition) is 1. The number of nitriles is 1. The summed E-state index contributed by atoms with van der Waals surface area (Å²) in [5.74, 6) is 0. The number of nitrogens with zero attached hydrogens (tertiary/aromatic N) is 2. The van der Waals surface area contributed by atoms with Crippen LogP contribution in [0.1, 0.15) is 11.1 Å². The highest BCUT2D eigenvalue weighted by Gasteiger charge is 2.12. The van der Waals surface area contributed by atoms with E-state index in [4.69, 9.17) is 5.26 Å². The average Bonchev–Trinajstić information content (AvgIpc) is 2.44. The summed E-state index contributed by atoms with van der Waals surface area (Å²) in [6, 6.07) is 11.8. The van der Waals surface area contributed by atoms with Crippen molar-refractivity contribution in [1.82, 2.24) is 0 Å². The van der Waals surface area contributed by atoms with Gasteiger partial charge in [0.05, 0.1) is 21.9 Å². The van der Waals surface area contributed by atoms with Crippen LogP contribution >= 0.6 is 15.9 Å². The molecule has 6 heteroatoms. The minimum atomic E-state index is -0.521. The van der Waals surface area contributed by atoms with E-state index in [2.05, 4.69) is 21.2 Å². The van der Waals surface area contributed by atoms with Crippen molar-refractivity contribution in [2.24, 2.45) is 0 Å². The van der Waals surface area contributed by atoms with E-state index < -0.39 is 4.92 Å². The molecule has 100 valence electrons. The van der Waals surface area contributed by atoms with Gasteiger partial charge in [0.25, 0.3) is 5.69 Å². The first-order valence-corrected chi connectivity index (χ1v) is 6.53. The molecule has 0 saturated carbocycles. The fourth-order valence-corrected chi connectivity index (χ4v) is 2.10. The van der Waals surface area contributed by atoms with E-state index in [-0.39, 0.29) is 11.3 Å². The molecule has 0 spiro atoms. The lowest BCUT2D eigenvalue weighted by Crippen LogP contribution is -1.97. The Hall–Kier alpha value is -2.39. The summed E-state index contributed by atoms with van der Waals surface area (Å²) in [5, 5.41) is 22.9. The summed E-state index contributed by atoms with van der Waals surface area (Å²) < 4.78 is 0.891. The predicted molar refractivity (Wildman–Crippen MR) is 80.0 cm³/mol. The molecule has 0 amide bonds. The van der Waals surface area contributed by atoms with Crippen LogP contribution in [0, 0.1) is 28.4 Å². The van der Waals surface area contributed by atoms with Crippen molar-refractivity contribution in [2.75, 3.05) is 5.32 Å². The third kappa shape index (κ3) is 2.78. The summed E-state index contributed by atoms with van der Waals surface area (Å²) in [5.41, 5.74) is 2.51. The molecule has 0 aliphatic heterocycles. The van der Waals surface area contributed by atoms with Gasteiger partial charge in [-0.25, -0.2) is 0 Å². The molecular weight excluding hydrogens is 322 g/mol. The Bertz CT molecular complexity index is 723. The molecule has 0 bridgehead atoms. The number of anilines is 2. The van der Waals surface area contributed by atoms with Crippen LogP contribution in [-0.4, -0.2) is 4.92 Å². The quantitative estimate of drug-likeness (QED) is 0.672. The second-order valence-electron chi connectivity index (χ2n) is 4.16. The maximum Gasteiger partial charge on any atom is 0.270 e. The van der Waals surface area contributed by atoms with E-state index >= 15 is 0 Å². The second kappa shape index (κ2) is 5.72. The third-order valence-corrected chi connectivity index (χ3v) is 3.85. The van der Waals surface area contributed by atoms with E-state index in [9.17, 15) is 10.1 Å². The van der Waals surface area contributed by atoms with Gasteiger partial charge < -0.3 is 5.32 Å². The highest BCUT2D eigenvalue weighted by atomic mass is 79.9. The maximum absolute atomic E-state index is 10.7. The molecule has 0 fully saturated rings. The molecule has 0 saturated heterocycles. The molecule has 0 aliphatic rings. The van der Waals surface area contributed by atoms with E-state index in [1.54, 1.807) is 0 Å². The first-order valence-electron chi connectivity index (χ1n) is 5.73. The standard InChI is InChI=1S/C14H10BrN3O2/c1-9-3-2-4-13(14(9)15)17-12-6-5-11(18(19)20)7-10(12)8-16/h2-7,17H,1H3. The van der Waals surface area contributed by atoms with Crippen LogP contribution in [0.3, 0.4) is 0 Å². The van der Waals surface area contributed by atoms with E-state index in [0.29, 0.717) is 5.69 Å². The number of non-ortho nitro benzene ring substituents is 1. The van der Waals surface area contributed by atoms with Crippen molar-refractivity contribution in [3.63, 3.8) is 0 Å². The van der Waals surface area contributed by atoms with Gasteiger partial charge in [0.2, 0.25) is 0 Å². The number of nitro groups is 1. The Balaban J connectivity index is 2.42. The van der Waals surface area contributed by atoms with E-state index in [0.717, 1.165) is 15.7 Å². The van der Waals surface area contributed by atoms with Crippen LogP contribution in [0.5, 0.6) is 0 Å². The zero-order chi connectivity index (χ0) is 14.7. The number of rotatable bonds is 3. The molecular formula is C14H10BrN3O2. The van der Waals surface area contributed by atoms with Crippen LogP contribution in [0.25, 0.3) is 0 Å². The number of halogens is 1. The van der Waals surface area contributed by atoms with Gasteiger partial charge in [0.15, 0.2) is 0 Å². The molecule has 20 heavy (non-hydrogen) atoms. The zero-order valence-electron chi connectivity index (χ0n) is 10.6. The highest BCUT2D eigenvalue weighted by Crippen LogP contribution is 2.31. The number of aryl methyl sites for hydroxylation is 1. The Morgan fingerprint density at radius 3 is 2.70 bits per heavy atom. The van der Waals surface area contributed by atoms with Gasteiger partial charge in [0, 0.05) is 16.6 Å². The molecule has 0 radical (unpaired) electrons. The molecule has 0 atom stereocenters. The van der Waals surface area contributed by atoms with Gasteiger partial charge in [-0.05, 0) is 40.5 Å². The molecule has 0 unspecified atom stereocenters. The topological polar surface area (TPSA) is 79.0 Å². The normalized spacial score (nSPS) is 9.85. The first kappa shape index (κ1) is 14.0. The van der Waals surface area contributed by atoms with Gasteiger partial charge in [-0.3, -0.25) is 10.1 Å². The van der Waals surface area contributed by atoms with Gasteiger partial charge in [-0.2, -0.15) is 5.26 Å². The fourth-order valence-electron chi connectivity index (χ4n) is 1.74. The lowest BCUT2D eigenvalue weighted by molar-refractivity contribution is -0.384. The largest absolute Gasteiger partial charge is 0.354 e. The minimum Gasteiger partial charge on any atom is -0.354 e. The highest BCUT2D eigenvalue weighted by molar-refractivity contribution is 9.10. The Morgan fingerprint density at radius 1 is 1.30 bits per heavy atom. The van der Waals surface area contributed by atoms with Crippen LogP contribution in [0.4, 0.5) is 17.1 Å². The summed E-state index contributed by atoms with van der Waals surface area (Å²) in [4.78, 5) is 10.2. The van der Waals surface area contributed by atoms with Crippen LogP contribution in [0.2, 0.25) is 0 Å². The maximum atomic E-state index is 10.7. The molecule has 2 aromatic rings. The Kier molecular flexibility index (Phi) is 4.01. The van der Waals surface area contributed by atoms with Crippen LogP contribution < -0.4 is 5.32 Å².